The summed E-state index contributed by atoms with van der Waals surface area (Å²) in [5.74, 6) is 1.27. The topological polar surface area (TPSA) is 26.0 Å². The molecule has 0 radical (unpaired) electrons. The molecule has 15 heavy (non-hydrogen) atoms. The van der Waals surface area contributed by atoms with Crippen LogP contribution in [0, 0.1) is 17.7 Å². The van der Waals surface area contributed by atoms with Crippen molar-refractivity contribution in [2.24, 2.45) is 17.6 Å². The molecular weight excluding hydrogens is 189 g/mol. The highest BCUT2D eigenvalue weighted by Gasteiger charge is 2.62. The van der Waals surface area contributed by atoms with Crippen LogP contribution in [-0.4, -0.2) is 5.54 Å². The standard InChI is InChI=1S/C13H16FN/c14-10-4-1-3-9(7-10)8-13(15)11-5-2-6-12(11)13/h1,3-4,7,11-12H,2,5-6,8,15H2. The van der Waals surface area contributed by atoms with Crippen LogP contribution in [0.1, 0.15) is 24.8 Å². The minimum atomic E-state index is -0.151. The first-order valence-corrected chi connectivity index (χ1v) is 5.73. The number of hydrogen-bond acceptors (Lipinski definition) is 1. The van der Waals surface area contributed by atoms with Gasteiger partial charge in [-0.1, -0.05) is 18.6 Å². The molecule has 2 unspecified atom stereocenters. The molecule has 0 saturated heterocycles. The molecule has 0 aliphatic heterocycles. The number of rotatable bonds is 2. The monoisotopic (exact) mass is 205 g/mol. The Balaban J connectivity index is 1.76. The van der Waals surface area contributed by atoms with Crippen molar-refractivity contribution < 1.29 is 4.39 Å². The molecule has 0 heterocycles. The Kier molecular flexibility index (Phi) is 1.90. The number of benzene rings is 1. The van der Waals surface area contributed by atoms with Crippen LogP contribution in [0.5, 0.6) is 0 Å². The summed E-state index contributed by atoms with van der Waals surface area (Å²) < 4.78 is 13.0. The van der Waals surface area contributed by atoms with Crippen molar-refractivity contribution in [3.05, 3.63) is 35.6 Å². The van der Waals surface area contributed by atoms with E-state index in [1.807, 2.05) is 6.07 Å². The molecule has 0 aromatic heterocycles. The highest BCUT2D eigenvalue weighted by atomic mass is 19.1. The van der Waals surface area contributed by atoms with Crippen molar-refractivity contribution >= 4 is 0 Å². The van der Waals surface area contributed by atoms with Gasteiger partial charge in [-0.15, -0.1) is 0 Å². The minimum Gasteiger partial charge on any atom is -0.324 e. The third-order valence-corrected chi connectivity index (χ3v) is 4.19. The fourth-order valence-corrected chi connectivity index (χ4v) is 3.39. The van der Waals surface area contributed by atoms with Crippen molar-refractivity contribution in [3.8, 4) is 0 Å². The third kappa shape index (κ3) is 1.39. The summed E-state index contributed by atoms with van der Waals surface area (Å²) in [6, 6.07) is 6.85. The van der Waals surface area contributed by atoms with Gasteiger partial charge in [0.05, 0.1) is 0 Å². The van der Waals surface area contributed by atoms with Crippen LogP contribution in [0.4, 0.5) is 4.39 Å². The Labute approximate surface area is 89.5 Å². The van der Waals surface area contributed by atoms with E-state index in [1.54, 1.807) is 12.1 Å². The maximum atomic E-state index is 13.0. The second-order valence-corrected chi connectivity index (χ2v) is 5.06. The predicted molar refractivity (Wildman–Crippen MR) is 57.9 cm³/mol. The zero-order valence-corrected chi connectivity index (χ0v) is 8.75. The third-order valence-electron chi connectivity index (χ3n) is 4.19. The van der Waals surface area contributed by atoms with Crippen LogP contribution >= 0.6 is 0 Å². The van der Waals surface area contributed by atoms with E-state index in [2.05, 4.69) is 0 Å². The number of nitrogens with two attached hydrogens (primary N) is 1. The van der Waals surface area contributed by atoms with E-state index >= 15 is 0 Å². The Morgan fingerprint density at radius 2 is 2.07 bits per heavy atom. The van der Waals surface area contributed by atoms with Crippen molar-refractivity contribution in [1.29, 1.82) is 0 Å². The molecule has 2 heteroatoms. The summed E-state index contributed by atoms with van der Waals surface area (Å²) in [6.45, 7) is 0. The van der Waals surface area contributed by atoms with Crippen molar-refractivity contribution in [2.75, 3.05) is 0 Å². The molecule has 1 aromatic carbocycles. The van der Waals surface area contributed by atoms with E-state index < -0.39 is 0 Å². The van der Waals surface area contributed by atoms with Crippen molar-refractivity contribution in [2.45, 2.75) is 31.2 Å². The Morgan fingerprint density at radius 1 is 1.33 bits per heavy atom. The van der Waals surface area contributed by atoms with Gasteiger partial charge in [0.2, 0.25) is 0 Å². The second kappa shape index (κ2) is 3.05. The molecule has 0 spiro atoms. The van der Waals surface area contributed by atoms with Gasteiger partial charge in [-0.2, -0.15) is 0 Å². The highest BCUT2D eigenvalue weighted by molar-refractivity contribution is 5.27. The van der Waals surface area contributed by atoms with Crippen LogP contribution in [0.25, 0.3) is 0 Å². The van der Waals surface area contributed by atoms with Crippen molar-refractivity contribution in [3.63, 3.8) is 0 Å². The fourth-order valence-electron chi connectivity index (χ4n) is 3.39. The Bertz CT molecular complexity index is 378. The van der Waals surface area contributed by atoms with Gasteiger partial charge in [-0.05, 0) is 48.8 Å². The molecule has 0 bridgehead atoms. The summed E-state index contributed by atoms with van der Waals surface area (Å²) >= 11 is 0. The zero-order chi connectivity index (χ0) is 10.5. The molecular formula is C13H16FN. The lowest BCUT2D eigenvalue weighted by Crippen LogP contribution is -2.31. The van der Waals surface area contributed by atoms with Crippen molar-refractivity contribution in [1.82, 2.24) is 0 Å². The lowest BCUT2D eigenvalue weighted by Gasteiger charge is -2.15. The SMILES string of the molecule is NC1(Cc2cccc(F)c2)C2CCCC21. The summed E-state index contributed by atoms with van der Waals surface area (Å²) in [4.78, 5) is 0. The maximum absolute atomic E-state index is 13.0. The van der Waals surface area contributed by atoms with Gasteiger partial charge in [0.1, 0.15) is 5.82 Å². The zero-order valence-electron chi connectivity index (χ0n) is 8.75. The Morgan fingerprint density at radius 3 is 2.73 bits per heavy atom. The van der Waals surface area contributed by atoms with Gasteiger partial charge in [0, 0.05) is 5.54 Å². The fraction of sp³-hybridized carbons (Fsp3) is 0.538. The van der Waals surface area contributed by atoms with Gasteiger partial charge in [-0.25, -0.2) is 4.39 Å². The summed E-state index contributed by atoms with van der Waals surface area (Å²) in [6.07, 6.45) is 4.73. The van der Waals surface area contributed by atoms with Crippen LogP contribution < -0.4 is 5.73 Å². The summed E-state index contributed by atoms with van der Waals surface area (Å²) in [7, 11) is 0. The lowest BCUT2D eigenvalue weighted by atomic mass is 9.97. The normalized spacial score (nSPS) is 37.7. The molecule has 80 valence electrons. The molecule has 2 saturated carbocycles. The number of fused-ring (bicyclic) bond motifs is 1. The minimum absolute atomic E-state index is 0.00789. The van der Waals surface area contributed by atoms with Gasteiger partial charge in [0.25, 0.3) is 0 Å². The van der Waals surface area contributed by atoms with Crippen LogP contribution in [-0.2, 0) is 6.42 Å². The highest BCUT2D eigenvalue weighted by Crippen LogP contribution is 2.60. The lowest BCUT2D eigenvalue weighted by molar-refractivity contribution is 0.500. The van der Waals surface area contributed by atoms with Crippen LogP contribution in [0.15, 0.2) is 24.3 Å². The van der Waals surface area contributed by atoms with Gasteiger partial charge in [-0.3, -0.25) is 0 Å². The predicted octanol–water partition coefficient (Wildman–Crippen LogP) is 2.50. The molecule has 2 aliphatic carbocycles. The first-order valence-electron chi connectivity index (χ1n) is 5.73. The van der Waals surface area contributed by atoms with Gasteiger partial charge in [0.15, 0.2) is 0 Å². The van der Waals surface area contributed by atoms with E-state index in [-0.39, 0.29) is 11.4 Å². The van der Waals surface area contributed by atoms with E-state index in [9.17, 15) is 4.39 Å². The van der Waals surface area contributed by atoms with E-state index in [4.69, 9.17) is 5.73 Å². The molecule has 1 aromatic rings. The molecule has 1 nitrogen and oxygen atoms in total. The Hall–Kier alpha value is -0.890. The van der Waals surface area contributed by atoms with Crippen LogP contribution in [0.2, 0.25) is 0 Å². The second-order valence-electron chi connectivity index (χ2n) is 5.06. The van der Waals surface area contributed by atoms with E-state index in [0.29, 0.717) is 11.8 Å². The summed E-state index contributed by atoms with van der Waals surface area (Å²) in [5.41, 5.74) is 7.40. The maximum Gasteiger partial charge on any atom is 0.123 e. The first kappa shape index (κ1) is 9.34. The van der Waals surface area contributed by atoms with Gasteiger partial charge >= 0.3 is 0 Å². The quantitative estimate of drug-likeness (QED) is 0.788. The smallest absolute Gasteiger partial charge is 0.123 e. The molecule has 2 fully saturated rings. The first-order chi connectivity index (χ1) is 7.20. The average Bonchev–Trinajstić information content (AvgIpc) is 2.63. The van der Waals surface area contributed by atoms with E-state index in [1.165, 1.54) is 25.3 Å². The molecule has 0 amide bonds. The van der Waals surface area contributed by atoms with Gasteiger partial charge < -0.3 is 5.73 Å². The molecule has 3 rings (SSSR count). The summed E-state index contributed by atoms with van der Waals surface area (Å²) in [5, 5.41) is 0. The molecule has 2 atom stereocenters. The molecule has 2 aliphatic rings. The number of hydrogen-bond donors (Lipinski definition) is 1. The number of halogens is 1. The largest absolute Gasteiger partial charge is 0.324 e. The average molecular weight is 205 g/mol. The van der Waals surface area contributed by atoms with Crippen LogP contribution in [0.3, 0.4) is 0 Å². The van der Waals surface area contributed by atoms with E-state index in [0.717, 1.165) is 12.0 Å². The molecule has 2 N–H and O–H groups in total.